The third-order valence-electron chi connectivity index (χ3n) is 3.60. The van der Waals surface area contributed by atoms with Gasteiger partial charge in [0, 0.05) is 11.0 Å². The third-order valence-corrected chi connectivity index (χ3v) is 4.29. The van der Waals surface area contributed by atoms with Crippen LogP contribution in [0.3, 0.4) is 0 Å². The maximum Gasteiger partial charge on any atom is 0.0914 e. The molecule has 1 unspecified atom stereocenters. The third kappa shape index (κ3) is 3.09. The van der Waals surface area contributed by atoms with E-state index in [1.54, 1.807) is 0 Å². The second kappa shape index (κ2) is 5.98. The summed E-state index contributed by atoms with van der Waals surface area (Å²) in [5.41, 5.74) is 2.39. The summed E-state index contributed by atoms with van der Waals surface area (Å²) >= 11 is 3.65. The molecule has 0 bridgehead atoms. The van der Waals surface area contributed by atoms with E-state index in [2.05, 4.69) is 39.4 Å². The first-order valence-corrected chi connectivity index (χ1v) is 7.13. The van der Waals surface area contributed by atoms with Crippen LogP contribution >= 0.6 is 15.9 Å². The van der Waals surface area contributed by atoms with Crippen molar-refractivity contribution in [1.29, 1.82) is 0 Å². The monoisotopic (exact) mass is 297 g/mol. The summed E-state index contributed by atoms with van der Waals surface area (Å²) in [7, 11) is 1.85. The highest BCUT2D eigenvalue weighted by atomic mass is 79.9. The lowest BCUT2D eigenvalue weighted by Crippen LogP contribution is -2.16. The van der Waals surface area contributed by atoms with Gasteiger partial charge >= 0.3 is 0 Å². The maximum atomic E-state index is 9.92. The summed E-state index contributed by atoms with van der Waals surface area (Å²) in [6, 6.07) is 6.30. The Bertz CT molecular complexity index is 374. The van der Waals surface area contributed by atoms with E-state index in [1.807, 2.05) is 7.05 Å². The number of rotatable bonds is 4. The van der Waals surface area contributed by atoms with Crippen molar-refractivity contribution in [3.8, 4) is 0 Å². The van der Waals surface area contributed by atoms with Crippen LogP contribution in [0.15, 0.2) is 22.7 Å². The van der Waals surface area contributed by atoms with Gasteiger partial charge in [0.25, 0.3) is 0 Å². The van der Waals surface area contributed by atoms with Crippen LogP contribution in [0.1, 0.15) is 48.8 Å². The Labute approximate surface area is 112 Å². The molecule has 0 aliphatic heterocycles. The lowest BCUT2D eigenvalue weighted by Gasteiger charge is -2.16. The van der Waals surface area contributed by atoms with Gasteiger partial charge in [-0.15, -0.1) is 0 Å². The molecule has 1 saturated carbocycles. The molecule has 1 aromatic rings. The normalized spacial score (nSPS) is 18.5. The molecule has 0 radical (unpaired) electrons. The highest BCUT2D eigenvalue weighted by molar-refractivity contribution is 9.10. The van der Waals surface area contributed by atoms with E-state index < -0.39 is 6.10 Å². The van der Waals surface area contributed by atoms with Crippen LogP contribution in [0.5, 0.6) is 0 Å². The SMILES string of the molecule is CNCC(O)c1ccc(C2CCCC2)c(Br)c1. The molecule has 0 amide bonds. The van der Waals surface area contributed by atoms with Crippen molar-refractivity contribution >= 4 is 15.9 Å². The molecule has 2 N–H and O–H groups in total. The highest BCUT2D eigenvalue weighted by Gasteiger charge is 2.20. The molecule has 1 aromatic carbocycles. The molecule has 3 heteroatoms. The van der Waals surface area contributed by atoms with E-state index in [0.29, 0.717) is 12.5 Å². The van der Waals surface area contributed by atoms with Gasteiger partial charge in [-0.05, 0) is 43.0 Å². The van der Waals surface area contributed by atoms with Gasteiger partial charge in [-0.1, -0.05) is 40.9 Å². The van der Waals surface area contributed by atoms with E-state index in [4.69, 9.17) is 0 Å². The van der Waals surface area contributed by atoms with E-state index in [-0.39, 0.29) is 0 Å². The lowest BCUT2D eigenvalue weighted by molar-refractivity contribution is 0.177. The number of nitrogens with one attached hydrogen (secondary N) is 1. The first kappa shape index (κ1) is 13.1. The minimum absolute atomic E-state index is 0.422. The Morgan fingerprint density at radius 3 is 2.71 bits per heavy atom. The van der Waals surface area contributed by atoms with Gasteiger partial charge in [0.2, 0.25) is 0 Å². The number of likely N-dealkylation sites (N-methyl/N-ethyl adjacent to an activating group) is 1. The van der Waals surface area contributed by atoms with Gasteiger partial charge in [-0.2, -0.15) is 0 Å². The fourth-order valence-corrected chi connectivity index (χ4v) is 3.35. The molecule has 0 spiro atoms. The maximum absolute atomic E-state index is 9.92. The van der Waals surface area contributed by atoms with Crippen LogP contribution in [-0.2, 0) is 0 Å². The fraction of sp³-hybridized carbons (Fsp3) is 0.571. The van der Waals surface area contributed by atoms with Crippen molar-refractivity contribution in [1.82, 2.24) is 5.32 Å². The zero-order valence-corrected chi connectivity index (χ0v) is 11.8. The van der Waals surface area contributed by atoms with Crippen LogP contribution in [-0.4, -0.2) is 18.7 Å². The van der Waals surface area contributed by atoms with E-state index in [9.17, 15) is 5.11 Å². The van der Waals surface area contributed by atoms with Crippen molar-refractivity contribution in [2.24, 2.45) is 0 Å². The smallest absolute Gasteiger partial charge is 0.0914 e. The van der Waals surface area contributed by atoms with Gasteiger partial charge in [0.1, 0.15) is 0 Å². The minimum Gasteiger partial charge on any atom is -0.387 e. The summed E-state index contributed by atoms with van der Waals surface area (Å²) < 4.78 is 1.15. The Morgan fingerprint density at radius 1 is 1.41 bits per heavy atom. The summed E-state index contributed by atoms with van der Waals surface area (Å²) in [5.74, 6) is 0.708. The Kier molecular flexibility index (Phi) is 4.60. The Hall–Kier alpha value is -0.380. The van der Waals surface area contributed by atoms with Gasteiger partial charge in [0.05, 0.1) is 6.10 Å². The quantitative estimate of drug-likeness (QED) is 0.893. The molecule has 0 heterocycles. The van der Waals surface area contributed by atoms with Crippen LogP contribution in [0.4, 0.5) is 0 Å². The second-order valence-corrected chi connectivity index (χ2v) is 5.69. The van der Waals surface area contributed by atoms with Crippen molar-refractivity contribution in [3.05, 3.63) is 33.8 Å². The van der Waals surface area contributed by atoms with E-state index >= 15 is 0 Å². The molecule has 94 valence electrons. The van der Waals surface area contributed by atoms with E-state index in [0.717, 1.165) is 10.0 Å². The number of aliphatic hydroxyl groups is 1. The first-order chi connectivity index (χ1) is 8.22. The summed E-state index contributed by atoms with van der Waals surface area (Å²) in [4.78, 5) is 0. The molecule has 2 nitrogen and oxygen atoms in total. The zero-order valence-electron chi connectivity index (χ0n) is 10.2. The molecule has 1 aliphatic carbocycles. The summed E-state index contributed by atoms with van der Waals surface area (Å²) in [6.07, 6.45) is 4.88. The van der Waals surface area contributed by atoms with Crippen LogP contribution in [0, 0.1) is 0 Å². The van der Waals surface area contributed by atoms with Crippen molar-refractivity contribution in [3.63, 3.8) is 0 Å². The van der Waals surface area contributed by atoms with Crippen LogP contribution < -0.4 is 5.32 Å². The van der Waals surface area contributed by atoms with Crippen molar-refractivity contribution < 1.29 is 5.11 Å². The number of hydrogen-bond acceptors (Lipinski definition) is 2. The van der Waals surface area contributed by atoms with Crippen LogP contribution in [0.2, 0.25) is 0 Å². The minimum atomic E-state index is -0.422. The average molecular weight is 298 g/mol. The molecular weight excluding hydrogens is 278 g/mol. The molecule has 1 aliphatic rings. The molecule has 17 heavy (non-hydrogen) atoms. The number of benzene rings is 1. The number of aliphatic hydroxyl groups excluding tert-OH is 1. The molecule has 1 atom stereocenters. The van der Waals surface area contributed by atoms with Crippen molar-refractivity contribution in [2.75, 3.05) is 13.6 Å². The second-order valence-electron chi connectivity index (χ2n) is 4.84. The Balaban J connectivity index is 2.16. The first-order valence-electron chi connectivity index (χ1n) is 6.34. The largest absolute Gasteiger partial charge is 0.387 e. The van der Waals surface area contributed by atoms with Gasteiger partial charge in [0.15, 0.2) is 0 Å². The number of hydrogen-bond donors (Lipinski definition) is 2. The standard InChI is InChI=1S/C14H20BrNO/c1-16-9-14(17)11-6-7-12(13(15)8-11)10-4-2-3-5-10/h6-8,10,14,16-17H,2-5,9H2,1H3. The van der Waals surface area contributed by atoms with Gasteiger partial charge < -0.3 is 10.4 Å². The highest BCUT2D eigenvalue weighted by Crippen LogP contribution is 2.38. The summed E-state index contributed by atoms with van der Waals surface area (Å²) in [6.45, 7) is 0.592. The molecule has 1 fully saturated rings. The van der Waals surface area contributed by atoms with E-state index in [1.165, 1.54) is 31.2 Å². The molecular formula is C14H20BrNO. The average Bonchev–Trinajstić information content (AvgIpc) is 2.82. The number of halogens is 1. The fourth-order valence-electron chi connectivity index (χ4n) is 2.63. The Morgan fingerprint density at radius 2 is 2.12 bits per heavy atom. The summed E-state index contributed by atoms with van der Waals surface area (Å²) in [5, 5.41) is 12.9. The zero-order chi connectivity index (χ0) is 12.3. The predicted molar refractivity (Wildman–Crippen MR) is 74.2 cm³/mol. The predicted octanol–water partition coefficient (Wildman–Crippen LogP) is 3.36. The molecule has 2 rings (SSSR count). The van der Waals surface area contributed by atoms with Gasteiger partial charge in [-0.25, -0.2) is 0 Å². The van der Waals surface area contributed by atoms with Gasteiger partial charge in [-0.3, -0.25) is 0 Å². The van der Waals surface area contributed by atoms with Crippen molar-refractivity contribution in [2.45, 2.75) is 37.7 Å². The molecule has 0 aromatic heterocycles. The van der Waals surface area contributed by atoms with Crippen LogP contribution in [0.25, 0.3) is 0 Å². The molecule has 0 saturated heterocycles. The lowest BCUT2D eigenvalue weighted by atomic mass is 9.95. The topological polar surface area (TPSA) is 32.3 Å².